The first-order chi connectivity index (χ1) is 20.2. The van der Waals surface area contributed by atoms with Gasteiger partial charge in [0, 0.05) is 31.8 Å². The van der Waals surface area contributed by atoms with Crippen LogP contribution < -0.4 is 9.64 Å². The molecule has 6 aromatic rings. The van der Waals surface area contributed by atoms with Gasteiger partial charge in [-0.2, -0.15) is 18.2 Å². The van der Waals surface area contributed by atoms with Gasteiger partial charge in [-0.05, 0) is 48.5 Å². The molecule has 210 valence electrons. The van der Waals surface area contributed by atoms with E-state index in [9.17, 15) is 18.0 Å². The minimum atomic E-state index is -4.45. The molecule has 0 unspecified atom stereocenters. The Kier molecular flexibility index (Phi) is 6.95. The standard InChI is InChI=1S/C31H22F3N5O2S/c1-19(40)39(22-8-4-3-5-9-22)30-37-28-25(11-6-12-26(28)42-30)41-27-18-23(20-13-15-21(16-14-20)31(32,33)34)35-29(36-27)24-10-7-17-38(24)2/h3-18H,1-2H3. The summed E-state index contributed by atoms with van der Waals surface area (Å²) in [6.07, 6.45) is -2.61. The number of alkyl halides is 3. The first kappa shape index (κ1) is 27.2. The number of benzene rings is 3. The average molecular weight is 586 g/mol. The molecule has 1 amide bonds. The molecular weight excluding hydrogens is 563 g/mol. The highest BCUT2D eigenvalue weighted by atomic mass is 32.1. The van der Waals surface area contributed by atoms with E-state index in [0.29, 0.717) is 44.9 Å². The lowest BCUT2D eigenvalue weighted by molar-refractivity contribution is -0.137. The van der Waals surface area contributed by atoms with Gasteiger partial charge in [-0.3, -0.25) is 9.69 Å². The van der Waals surface area contributed by atoms with Crippen molar-refractivity contribution in [3.8, 4) is 34.4 Å². The summed E-state index contributed by atoms with van der Waals surface area (Å²) in [5.74, 6) is 0.742. The van der Waals surface area contributed by atoms with Crippen molar-refractivity contribution in [1.82, 2.24) is 19.5 Å². The predicted octanol–water partition coefficient (Wildman–Crippen LogP) is 8.25. The summed E-state index contributed by atoms with van der Waals surface area (Å²) in [6.45, 7) is 1.48. The van der Waals surface area contributed by atoms with Crippen molar-refractivity contribution < 1.29 is 22.7 Å². The van der Waals surface area contributed by atoms with Crippen molar-refractivity contribution in [3.05, 3.63) is 103 Å². The van der Waals surface area contributed by atoms with Gasteiger partial charge in [-0.1, -0.05) is 47.7 Å². The Hall–Kier alpha value is -5.03. The molecular formula is C31H22F3N5O2S. The second kappa shape index (κ2) is 10.7. The first-order valence-electron chi connectivity index (χ1n) is 12.8. The smallest absolute Gasteiger partial charge is 0.416 e. The summed E-state index contributed by atoms with van der Waals surface area (Å²) >= 11 is 1.35. The molecule has 3 aromatic carbocycles. The molecule has 11 heteroatoms. The molecule has 7 nitrogen and oxygen atoms in total. The zero-order valence-electron chi connectivity index (χ0n) is 22.3. The van der Waals surface area contributed by atoms with Crippen LogP contribution in [-0.4, -0.2) is 25.4 Å². The third-order valence-electron chi connectivity index (χ3n) is 6.49. The van der Waals surface area contributed by atoms with Gasteiger partial charge in [-0.15, -0.1) is 0 Å². The lowest BCUT2D eigenvalue weighted by atomic mass is 10.1. The summed E-state index contributed by atoms with van der Waals surface area (Å²) in [5.41, 5.74) is 2.04. The van der Waals surface area contributed by atoms with Crippen LogP contribution in [-0.2, 0) is 18.0 Å². The molecule has 0 bridgehead atoms. The fourth-order valence-corrected chi connectivity index (χ4v) is 5.52. The van der Waals surface area contributed by atoms with Gasteiger partial charge in [0.1, 0.15) is 5.52 Å². The number of aryl methyl sites for hydroxylation is 1. The van der Waals surface area contributed by atoms with Gasteiger partial charge in [0.15, 0.2) is 16.7 Å². The van der Waals surface area contributed by atoms with Crippen LogP contribution in [0.15, 0.2) is 97.2 Å². The lowest BCUT2D eigenvalue weighted by Crippen LogP contribution is -2.22. The largest absolute Gasteiger partial charge is 0.437 e. The molecule has 0 N–H and O–H groups in total. The van der Waals surface area contributed by atoms with E-state index in [1.807, 2.05) is 72.4 Å². The molecule has 0 aliphatic rings. The van der Waals surface area contributed by atoms with E-state index in [-0.39, 0.29) is 11.8 Å². The quantitative estimate of drug-likeness (QED) is 0.197. The topological polar surface area (TPSA) is 73.1 Å². The van der Waals surface area contributed by atoms with Gasteiger partial charge < -0.3 is 9.30 Å². The van der Waals surface area contributed by atoms with Crippen molar-refractivity contribution in [2.75, 3.05) is 4.90 Å². The van der Waals surface area contributed by atoms with E-state index in [4.69, 9.17) is 9.72 Å². The van der Waals surface area contributed by atoms with E-state index in [1.165, 1.54) is 35.3 Å². The Balaban J connectivity index is 1.42. The van der Waals surface area contributed by atoms with Gasteiger partial charge in [0.2, 0.25) is 11.8 Å². The van der Waals surface area contributed by atoms with Crippen LogP contribution in [0.25, 0.3) is 33.0 Å². The van der Waals surface area contributed by atoms with Crippen molar-refractivity contribution >= 4 is 38.3 Å². The van der Waals surface area contributed by atoms with Crippen molar-refractivity contribution in [2.45, 2.75) is 13.1 Å². The fourth-order valence-electron chi connectivity index (χ4n) is 4.47. The van der Waals surface area contributed by atoms with Gasteiger partial charge in [-0.25, -0.2) is 9.97 Å². The molecule has 0 aliphatic carbocycles. The van der Waals surface area contributed by atoms with E-state index in [1.54, 1.807) is 12.1 Å². The Morgan fingerprint density at radius 2 is 1.67 bits per heavy atom. The number of aromatic nitrogens is 4. The summed E-state index contributed by atoms with van der Waals surface area (Å²) in [6, 6.07) is 24.7. The molecule has 0 saturated heterocycles. The number of ether oxygens (including phenoxy) is 1. The second-order valence-corrected chi connectivity index (χ2v) is 10.4. The maximum atomic E-state index is 13.2. The minimum Gasteiger partial charge on any atom is -0.437 e. The maximum Gasteiger partial charge on any atom is 0.416 e. The van der Waals surface area contributed by atoms with Crippen molar-refractivity contribution in [2.24, 2.45) is 7.05 Å². The molecule has 3 aromatic heterocycles. The molecule has 6 rings (SSSR count). The molecule has 0 radical (unpaired) electrons. The molecule has 0 aliphatic heterocycles. The third kappa shape index (κ3) is 5.34. The number of carbonyl (C=O) groups is 1. The molecule has 0 spiro atoms. The Morgan fingerprint density at radius 3 is 2.33 bits per heavy atom. The number of hydrogen-bond donors (Lipinski definition) is 0. The minimum absolute atomic E-state index is 0.185. The summed E-state index contributed by atoms with van der Waals surface area (Å²) in [4.78, 5) is 28.1. The number of rotatable bonds is 6. The lowest BCUT2D eigenvalue weighted by Gasteiger charge is -2.17. The fraction of sp³-hybridized carbons (Fsp3) is 0.0968. The number of nitrogens with zero attached hydrogens (tertiary/aromatic N) is 5. The SMILES string of the molecule is CC(=O)N(c1ccccc1)c1nc2c(Oc3cc(-c4ccc(C(F)(F)F)cc4)nc(-c4cccn4C)n3)cccc2s1. The normalized spacial score (nSPS) is 11.5. The molecule has 42 heavy (non-hydrogen) atoms. The number of thiazole rings is 1. The van der Waals surface area contributed by atoms with Crippen LogP contribution in [0.5, 0.6) is 11.6 Å². The van der Waals surface area contributed by atoms with Crippen LogP contribution >= 0.6 is 11.3 Å². The van der Waals surface area contributed by atoms with E-state index >= 15 is 0 Å². The van der Waals surface area contributed by atoms with E-state index < -0.39 is 11.7 Å². The summed E-state index contributed by atoms with van der Waals surface area (Å²) in [7, 11) is 1.84. The summed E-state index contributed by atoms with van der Waals surface area (Å²) < 4.78 is 48.4. The zero-order valence-corrected chi connectivity index (χ0v) is 23.1. The molecule has 0 fully saturated rings. The van der Waals surface area contributed by atoms with Gasteiger partial charge in [0.05, 0.1) is 27.3 Å². The van der Waals surface area contributed by atoms with Crippen LogP contribution in [0.2, 0.25) is 0 Å². The van der Waals surface area contributed by atoms with Crippen LogP contribution in [0.1, 0.15) is 12.5 Å². The van der Waals surface area contributed by atoms with Crippen LogP contribution in [0.3, 0.4) is 0 Å². The predicted molar refractivity (Wildman–Crippen MR) is 156 cm³/mol. The maximum absolute atomic E-state index is 13.2. The van der Waals surface area contributed by atoms with E-state index in [0.717, 1.165) is 16.8 Å². The third-order valence-corrected chi connectivity index (χ3v) is 7.50. The number of hydrogen-bond acceptors (Lipinski definition) is 6. The zero-order chi connectivity index (χ0) is 29.4. The average Bonchev–Trinajstić information content (AvgIpc) is 3.59. The first-order valence-corrected chi connectivity index (χ1v) is 13.6. The van der Waals surface area contributed by atoms with Crippen molar-refractivity contribution in [1.29, 1.82) is 0 Å². The van der Waals surface area contributed by atoms with E-state index in [2.05, 4.69) is 9.97 Å². The van der Waals surface area contributed by atoms with Crippen molar-refractivity contribution in [3.63, 3.8) is 0 Å². The van der Waals surface area contributed by atoms with Crippen LogP contribution in [0.4, 0.5) is 24.0 Å². The molecule has 0 atom stereocenters. The molecule has 0 saturated carbocycles. The number of amides is 1. The Bertz CT molecular complexity index is 1900. The number of para-hydroxylation sites is 2. The van der Waals surface area contributed by atoms with Crippen LogP contribution in [0, 0.1) is 0 Å². The number of carbonyl (C=O) groups excluding carboxylic acids is 1. The summed E-state index contributed by atoms with van der Waals surface area (Å²) in [5, 5.41) is 0.484. The monoisotopic (exact) mass is 585 g/mol. The highest BCUT2D eigenvalue weighted by Gasteiger charge is 2.30. The Morgan fingerprint density at radius 1 is 0.905 bits per heavy atom. The Labute approximate surface area is 242 Å². The second-order valence-electron chi connectivity index (χ2n) is 9.39. The highest BCUT2D eigenvalue weighted by Crippen LogP contribution is 2.39. The molecule has 3 heterocycles. The van der Waals surface area contributed by atoms with Gasteiger partial charge >= 0.3 is 6.18 Å². The van der Waals surface area contributed by atoms with Gasteiger partial charge in [0.25, 0.3) is 0 Å². The highest BCUT2D eigenvalue weighted by molar-refractivity contribution is 7.22. The number of fused-ring (bicyclic) bond motifs is 1. The number of halogens is 3. The number of anilines is 2.